The van der Waals surface area contributed by atoms with Crippen molar-refractivity contribution in [2.45, 2.75) is 64.3 Å². The van der Waals surface area contributed by atoms with E-state index in [0.29, 0.717) is 0 Å². The third-order valence-corrected chi connectivity index (χ3v) is 5.82. The van der Waals surface area contributed by atoms with Crippen LogP contribution >= 0.6 is 0 Å². The van der Waals surface area contributed by atoms with Crippen molar-refractivity contribution in [2.75, 3.05) is 46.5 Å². The van der Waals surface area contributed by atoms with E-state index in [2.05, 4.69) is 17.1 Å². The first-order valence-corrected chi connectivity index (χ1v) is 9.67. The van der Waals surface area contributed by atoms with Crippen molar-refractivity contribution >= 4 is 5.97 Å². The molecular weight excluding hydrogens is 304 g/mol. The van der Waals surface area contributed by atoms with Crippen molar-refractivity contribution in [3.8, 4) is 0 Å². The highest BCUT2D eigenvalue weighted by Crippen LogP contribution is 2.37. The quantitative estimate of drug-likeness (QED) is 0.688. The average Bonchev–Trinajstić information content (AvgIpc) is 2.61. The zero-order valence-electron chi connectivity index (χ0n) is 15.9. The number of nitrogens with zero attached hydrogens (tertiary/aromatic N) is 1. The summed E-state index contributed by atoms with van der Waals surface area (Å²) in [5.41, 5.74) is -0.294. The Kier molecular flexibility index (Phi) is 7.51. The van der Waals surface area contributed by atoms with Crippen molar-refractivity contribution < 1.29 is 14.3 Å². The molecule has 140 valence electrons. The van der Waals surface area contributed by atoms with E-state index in [1.54, 1.807) is 0 Å². The fourth-order valence-corrected chi connectivity index (χ4v) is 4.30. The molecular formula is C19H36N2O3. The number of carbonyl (C=O) groups excluding carboxylic acids is 1. The van der Waals surface area contributed by atoms with Gasteiger partial charge in [0.05, 0.1) is 20.3 Å². The van der Waals surface area contributed by atoms with Gasteiger partial charge >= 0.3 is 5.97 Å². The monoisotopic (exact) mass is 340 g/mol. The molecule has 1 saturated carbocycles. The lowest BCUT2D eigenvalue weighted by Crippen LogP contribution is -2.56. The highest BCUT2D eigenvalue weighted by atomic mass is 16.5. The topological polar surface area (TPSA) is 50.8 Å². The first-order chi connectivity index (χ1) is 11.5. The van der Waals surface area contributed by atoms with Crippen LogP contribution in [0.1, 0.15) is 58.8 Å². The van der Waals surface area contributed by atoms with Gasteiger partial charge in [0.2, 0.25) is 0 Å². The second kappa shape index (κ2) is 9.16. The average molecular weight is 341 g/mol. The van der Waals surface area contributed by atoms with Gasteiger partial charge in [0.15, 0.2) is 0 Å². The van der Waals surface area contributed by atoms with E-state index in [1.165, 1.54) is 39.2 Å². The van der Waals surface area contributed by atoms with Crippen LogP contribution in [0.3, 0.4) is 0 Å². The molecule has 0 aromatic heterocycles. The summed E-state index contributed by atoms with van der Waals surface area (Å²) >= 11 is 0. The van der Waals surface area contributed by atoms with Crippen molar-refractivity contribution in [1.29, 1.82) is 0 Å². The smallest absolute Gasteiger partial charge is 0.325 e. The maximum Gasteiger partial charge on any atom is 0.325 e. The maximum absolute atomic E-state index is 12.3. The molecule has 1 heterocycles. The summed E-state index contributed by atoms with van der Waals surface area (Å²) in [6, 6.07) is 0. The third kappa shape index (κ3) is 5.17. The summed E-state index contributed by atoms with van der Waals surface area (Å²) in [6.07, 6.45) is 8.22. The van der Waals surface area contributed by atoms with E-state index in [4.69, 9.17) is 9.47 Å². The first-order valence-electron chi connectivity index (χ1n) is 9.67. The molecule has 0 amide bonds. The van der Waals surface area contributed by atoms with E-state index in [9.17, 15) is 4.79 Å². The van der Waals surface area contributed by atoms with E-state index in [-0.39, 0.29) is 11.4 Å². The molecule has 0 aromatic rings. The normalized spacial score (nSPS) is 24.3. The number of rotatable bonds is 8. The zero-order valence-corrected chi connectivity index (χ0v) is 15.9. The van der Waals surface area contributed by atoms with Crippen molar-refractivity contribution in [1.82, 2.24) is 10.2 Å². The van der Waals surface area contributed by atoms with E-state index < -0.39 is 5.54 Å². The zero-order chi connectivity index (χ0) is 17.5. The van der Waals surface area contributed by atoms with E-state index in [1.807, 2.05) is 6.92 Å². The summed E-state index contributed by atoms with van der Waals surface area (Å²) in [5, 5.41) is 3.62. The Morgan fingerprint density at radius 1 is 1.25 bits per heavy atom. The van der Waals surface area contributed by atoms with Gasteiger partial charge in [-0.2, -0.15) is 0 Å². The van der Waals surface area contributed by atoms with Gasteiger partial charge in [-0.3, -0.25) is 9.69 Å². The number of methoxy groups -OCH3 is 1. The first kappa shape index (κ1) is 19.7. The molecule has 2 fully saturated rings. The molecule has 2 rings (SSSR count). The van der Waals surface area contributed by atoms with Gasteiger partial charge in [-0.05, 0) is 31.6 Å². The summed E-state index contributed by atoms with van der Waals surface area (Å²) < 4.78 is 10.6. The Hall–Kier alpha value is -0.650. The molecule has 0 radical (unpaired) electrons. The Morgan fingerprint density at radius 3 is 2.50 bits per heavy atom. The van der Waals surface area contributed by atoms with E-state index in [0.717, 1.165) is 52.2 Å². The predicted octanol–water partition coefficient (Wildman–Crippen LogP) is 2.59. The SMILES string of the molecule is CCCC(C)(NCC1(CN2CCOCC2)CCCCC1)C(=O)OC. The molecule has 1 unspecified atom stereocenters. The van der Waals surface area contributed by atoms with Gasteiger partial charge < -0.3 is 14.8 Å². The van der Waals surface area contributed by atoms with Crippen LogP contribution in [-0.4, -0.2) is 62.9 Å². The molecule has 5 nitrogen and oxygen atoms in total. The van der Waals surface area contributed by atoms with Gasteiger partial charge in [-0.25, -0.2) is 0 Å². The lowest BCUT2D eigenvalue weighted by molar-refractivity contribution is -0.148. The number of esters is 1. The molecule has 5 heteroatoms. The van der Waals surface area contributed by atoms with Gasteiger partial charge in [0.25, 0.3) is 0 Å². The van der Waals surface area contributed by atoms with Crippen LogP contribution in [0, 0.1) is 5.41 Å². The summed E-state index contributed by atoms with van der Waals surface area (Å²) in [6.45, 7) is 9.89. The van der Waals surface area contributed by atoms with Crippen LogP contribution in [0.2, 0.25) is 0 Å². The fraction of sp³-hybridized carbons (Fsp3) is 0.947. The van der Waals surface area contributed by atoms with Crippen molar-refractivity contribution in [3.05, 3.63) is 0 Å². The lowest BCUT2D eigenvalue weighted by Gasteiger charge is -2.44. The van der Waals surface area contributed by atoms with Crippen LogP contribution in [0.5, 0.6) is 0 Å². The second-order valence-electron chi connectivity index (χ2n) is 7.88. The molecule has 1 aliphatic carbocycles. The van der Waals surface area contributed by atoms with E-state index >= 15 is 0 Å². The number of morpholine rings is 1. The fourth-order valence-electron chi connectivity index (χ4n) is 4.30. The number of hydrogen-bond acceptors (Lipinski definition) is 5. The van der Waals surface area contributed by atoms with Crippen molar-refractivity contribution in [2.24, 2.45) is 5.41 Å². The number of nitrogens with one attached hydrogen (secondary N) is 1. The molecule has 1 atom stereocenters. The third-order valence-electron chi connectivity index (χ3n) is 5.82. The largest absolute Gasteiger partial charge is 0.468 e. The molecule has 2 aliphatic rings. The Morgan fingerprint density at radius 2 is 1.92 bits per heavy atom. The Bertz CT molecular complexity index is 390. The summed E-state index contributed by atoms with van der Waals surface area (Å²) in [7, 11) is 1.49. The number of carbonyl (C=O) groups is 1. The molecule has 24 heavy (non-hydrogen) atoms. The predicted molar refractivity (Wildman–Crippen MR) is 96.1 cm³/mol. The Labute approximate surface area is 147 Å². The highest BCUT2D eigenvalue weighted by molar-refractivity contribution is 5.80. The summed E-state index contributed by atoms with van der Waals surface area (Å²) in [5.74, 6) is -0.137. The maximum atomic E-state index is 12.3. The van der Waals surface area contributed by atoms with Crippen LogP contribution < -0.4 is 5.32 Å². The number of ether oxygens (including phenoxy) is 2. The van der Waals surface area contributed by atoms with Crippen molar-refractivity contribution in [3.63, 3.8) is 0 Å². The molecule has 0 spiro atoms. The second-order valence-corrected chi connectivity index (χ2v) is 7.88. The highest BCUT2D eigenvalue weighted by Gasteiger charge is 2.39. The van der Waals surface area contributed by atoms with Gasteiger partial charge in [-0.1, -0.05) is 32.6 Å². The van der Waals surface area contributed by atoms with Crippen LogP contribution in [0.25, 0.3) is 0 Å². The molecule has 1 N–H and O–H groups in total. The minimum absolute atomic E-state index is 0.137. The lowest BCUT2D eigenvalue weighted by atomic mass is 9.73. The van der Waals surface area contributed by atoms with Crippen LogP contribution in [-0.2, 0) is 14.3 Å². The minimum atomic E-state index is -0.570. The van der Waals surface area contributed by atoms with Gasteiger partial charge in [-0.15, -0.1) is 0 Å². The molecule has 1 aliphatic heterocycles. The van der Waals surface area contributed by atoms with Crippen LogP contribution in [0.15, 0.2) is 0 Å². The minimum Gasteiger partial charge on any atom is -0.468 e. The molecule has 0 bridgehead atoms. The Balaban J connectivity index is 2.02. The van der Waals surface area contributed by atoms with Crippen LogP contribution in [0.4, 0.5) is 0 Å². The molecule has 1 saturated heterocycles. The van der Waals surface area contributed by atoms with Gasteiger partial charge in [0.1, 0.15) is 5.54 Å². The standard InChI is InChI=1S/C19H36N2O3/c1-4-8-18(2,17(22)23-3)20-15-19(9-6-5-7-10-19)16-21-11-13-24-14-12-21/h20H,4-16H2,1-3H3. The molecule has 0 aromatic carbocycles. The van der Waals surface area contributed by atoms with Gasteiger partial charge in [0, 0.05) is 26.2 Å². The number of hydrogen-bond donors (Lipinski definition) is 1. The summed E-state index contributed by atoms with van der Waals surface area (Å²) in [4.78, 5) is 14.8.